The number of hydrogen-bond donors (Lipinski definition) is 0. The lowest BCUT2D eigenvalue weighted by molar-refractivity contribution is -0.111. The Morgan fingerprint density at radius 1 is 1.11 bits per heavy atom. The van der Waals surface area contributed by atoms with Gasteiger partial charge in [-0.05, 0) is 48.1 Å². The molecule has 140 valence electrons. The predicted octanol–water partition coefficient (Wildman–Crippen LogP) is 5.72. The second-order valence-corrected chi connectivity index (χ2v) is 14.5. The second kappa shape index (κ2) is 6.79. The molecule has 1 aromatic heterocycles. The molecule has 0 aliphatic heterocycles. The lowest BCUT2D eigenvalue weighted by Gasteiger charge is -2.37. The Morgan fingerprint density at radius 3 is 2.52 bits per heavy atom. The molecule has 0 saturated heterocycles. The molecule has 0 spiro atoms. The molecule has 0 bridgehead atoms. The number of carbonyl (C=O) groups excluding carboxylic acids is 1. The highest BCUT2D eigenvalue weighted by Crippen LogP contribution is 2.46. The van der Waals surface area contributed by atoms with Gasteiger partial charge in [-0.2, -0.15) is 0 Å². The van der Waals surface area contributed by atoms with Gasteiger partial charge in [0, 0.05) is 29.1 Å². The van der Waals surface area contributed by atoms with Crippen molar-refractivity contribution in [1.29, 1.82) is 0 Å². The van der Waals surface area contributed by atoms with Gasteiger partial charge < -0.3 is 9.36 Å². The Labute approximate surface area is 163 Å². The quantitative estimate of drug-likeness (QED) is 0.422. The lowest BCUT2D eigenvalue weighted by Crippen LogP contribution is -2.40. The van der Waals surface area contributed by atoms with Crippen LogP contribution in [-0.2, 0) is 17.8 Å². The minimum absolute atomic E-state index is 0.168. The van der Waals surface area contributed by atoms with Gasteiger partial charge in [0.2, 0.25) is 0 Å². The zero-order valence-corrected chi connectivity index (χ0v) is 17.8. The highest BCUT2D eigenvalue weighted by molar-refractivity contribution is 6.77. The molecule has 2 nitrogen and oxygen atoms in total. The molecule has 3 aromatic rings. The van der Waals surface area contributed by atoms with Crippen molar-refractivity contribution in [3.63, 3.8) is 0 Å². The number of carbonyl (C=O) groups is 1. The minimum Gasteiger partial charge on any atom is -0.340 e. The number of rotatable bonds is 4. The summed E-state index contributed by atoms with van der Waals surface area (Å²) in [6, 6.07) is 17.6. The maximum atomic E-state index is 11.9. The molecular formula is C24H29NOSi. The highest BCUT2D eigenvalue weighted by Gasteiger charge is 2.41. The van der Waals surface area contributed by atoms with Gasteiger partial charge in [0.1, 0.15) is 6.29 Å². The van der Waals surface area contributed by atoms with Crippen molar-refractivity contribution >= 4 is 25.3 Å². The standard InChI is InChI=1S/C24H29NOSi/c1-17-10-12-20-22(14-17)25(15-18-8-6-5-7-9-18)21-13-11-19(16-26)24(23(20)21)27(2,3)4/h5-10,12,14,16,19,24H,11,13,15H2,1-4H3/t19-,24-/m1/s1. The van der Waals surface area contributed by atoms with E-state index in [-0.39, 0.29) is 5.92 Å². The lowest BCUT2D eigenvalue weighted by atomic mass is 9.86. The van der Waals surface area contributed by atoms with Crippen LogP contribution in [0.25, 0.3) is 10.9 Å². The summed E-state index contributed by atoms with van der Waals surface area (Å²) in [5.41, 5.74) is 7.30. The van der Waals surface area contributed by atoms with E-state index in [0.29, 0.717) is 5.54 Å². The molecule has 0 radical (unpaired) electrons. The normalized spacial score (nSPS) is 19.9. The summed E-state index contributed by atoms with van der Waals surface area (Å²) in [6.07, 6.45) is 3.22. The van der Waals surface area contributed by atoms with Crippen molar-refractivity contribution in [3.05, 3.63) is 70.9 Å². The van der Waals surface area contributed by atoms with Crippen LogP contribution in [0.5, 0.6) is 0 Å². The summed E-state index contributed by atoms with van der Waals surface area (Å²) in [5, 5.41) is 1.37. The maximum absolute atomic E-state index is 11.9. The largest absolute Gasteiger partial charge is 0.340 e. The first kappa shape index (κ1) is 18.2. The van der Waals surface area contributed by atoms with Crippen LogP contribution in [0.2, 0.25) is 19.6 Å². The van der Waals surface area contributed by atoms with Gasteiger partial charge in [-0.3, -0.25) is 0 Å². The topological polar surface area (TPSA) is 22.0 Å². The smallest absolute Gasteiger partial charge is 0.123 e. The first-order chi connectivity index (χ1) is 12.9. The van der Waals surface area contributed by atoms with E-state index < -0.39 is 8.07 Å². The number of benzene rings is 2. The summed E-state index contributed by atoms with van der Waals surface area (Å²) in [7, 11) is -1.55. The monoisotopic (exact) mass is 375 g/mol. The van der Waals surface area contributed by atoms with Crippen LogP contribution in [-0.4, -0.2) is 18.9 Å². The van der Waals surface area contributed by atoms with E-state index >= 15 is 0 Å². The van der Waals surface area contributed by atoms with Gasteiger partial charge in [0.05, 0.1) is 8.07 Å². The van der Waals surface area contributed by atoms with Crippen LogP contribution >= 0.6 is 0 Å². The molecule has 2 atom stereocenters. The van der Waals surface area contributed by atoms with Crippen molar-refractivity contribution in [2.24, 2.45) is 5.92 Å². The Hall–Kier alpha value is -2.13. The average Bonchev–Trinajstić information content (AvgIpc) is 2.94. The Bertz CT molecular complexity index is 981. The summed E-state index contributed by atoms with van der Waals surface area (Å²) in [6.45, 7) is 10.3. The number of hydrogen-bond acceptors (Lipinski definition) is 1. The molecule has 0 saturated carbocycles. The molecule has 0 amide bonds. The van der Waals surface area contributed by atoms with Gasteiger partial charge >= 0.3 is 0 Å². The van der Waals surface area contributed by atoms with Crippen LogP contribution in [0.15, 0.2) is 48.5 Å². The fourth-order valence-corrected chi connectivity index (χ4v) is 7.73. The number of fused-ring (bicyclic) bond motifs is 3. The van der Waals surface area contributed by atoms with Crippen LogP contribution < -0.4 is 0 Å². The van der Waals surface area contributed by atoms with Crippen LogP contribution in [0, 0.1) is 12.8 Å². The van der Waals surface area contributed by atoms with Gasteiger partial charge in [0.15, 0.2) is 0 Å². The molecule has 0 fully saturated rings. The van der Waals surface area contributed by atoms with E-state index in [9.17, 15) is 4.79 Å². The molecule has 3 heteroatoms. The minimum atomic E-state index is -1.55. The number of nitrogens with zero attached hydrogens (tertiary/aromatic N) is 1. The Morgan fingerprint density at radius 2 is 1.85 bits per heavy atom. The van der Waals surface area contributed by atoms with Crippen LogP contribution in [0.3, 0.4) is 0 Å². The van der Waals surface area contributed by atoms with E-state index in [0.717, 1.165) is 19.4 Å². The van der Waals surface area contributed by atoms with Gasteiger partial charge in [-0.15, -0.1) is 0 Å². The zero-order valence-electron chi connectivity index (χ0n) is 16.8. The summed E-state index contributed by atoms with van der Waals surface area (Å²) >= 11 is 0. The molecule has 2 aromatic carbocycles. The summed E-state index contributed by atoms with van der Waals surface area (Å²) in [4.78, 5) is 11.9. The molecular weight excluding hydrogens is 346 g/mol. The molecule has 4 rings (SSSR count). The maximum Gasteiger partial charge on any atom is 0.123 e. The van der Waals surface area contributed by atoms with E-state index in [4.69, 9.17) is 0 Å². The first-order valence-corrected chi connectivity index (χ1v) is 13.6. The third-order valence-corrected chi connectivity index (χ3v) is 8.70. The van der Waals surface area contributed by atoms with E-state index in [2.05, 4.69) is 79.7 Å². The molecule has 0 unspecified atom stereocenters. The van der Waals surface area contributed by atoms with Crippen molar-refractivity contribution in [2.45, 2.75) is 51.5 Å². The van der Waals surface area contributed by atoms with Gasteiger partial charge in [-0.25, -0.2) is 0 Å². The molecule has 1 aliphatic carbocycles. The highest BCUT2D eigenvalue weighted by atomic mass is 28.3. The predicted molar refractivity (Wildman–Crippen MR) is 116 cm³/mol. The summed E-state index contributed by atoms with van der Waals surface area (Å²) < 4.78 is 2.53. The van der Waals surface area contributed by atoms with Gasteiger partial charge in [0.25, 0.3) is 0 Å². The third-order valence-electron chi connectivity index (χ3n) is 6.12. The zero-order chi connectivity index (χ0) is 19.2. The van der Waals surface area contributed by atoms with Crippen molar-refractivity contribution in [2.75, 3.05) is 0 Å². The molecule has 1 aliphatic rings. The van der Waals surface area contributed by atoms with Crippen molar-refractivity contribution in [3.8, 4) is 0 Å². The van der Waals surface area contributed by atoms with Crippen LogP contribution in [0.1, 0.15) is 34.3 Å². The van der Waals surface area contributed by atoms with E-state index in [1.54, 1.807) is 0 Å². The average molecular weight is 376 g/mol. The number of aromatic nitrogens is 1. The fourth-order valence-electron chi connectivity index (χ4n) is 5.01. The van der Waals surface area contributed by atoms with Crippen LogP contribution in [0.4, 0.5) is 0 Å². The third kappa shape index (κ3) is 3.18. The van der Waals surface area contributed by atoms with Crippen molar-refractivity contribution in [1.82, 2.24) is 4.57 Å². The molecule has 0 N–H and O–H groups in total. The Kier molecular flexibility index (Phi) is 4.59. The second-order valence-electron chi connectivity index (χ2n) is 9.14. The van der Waals surface area contributed by atoms with Gasteiger partial charge in [-0.1, -0.05) is 62.1 Å². The molecule has 1 heterocycles. The number of aryl methyl sites for hydroxylation is 1. The van der Waals surface area contributed by atoms with E-state index in [1.807, 2.05) is 0 Å². The first-order valence-electron chi connectivity index (χ1n) is 10.0. The fraction of sp³-hybridized carbons (Fsp3) is 0.375. The van der Waals surface area contributed by atoms with E-state index in [1.165, 1.54) is 39.6 Å². The molecule has 27 heavy (non-hydrogen) atoms. The van der Waals surface area contributed by atoms with Crippen molar-refractivity contribution < 1.29 is 4.79 Å². The number of aldehydes is 1. The summed E-state index contributed by atoms with van der Waals surface area (Å²) in [5.74, 6) is 0.168. The Balaban J connectivity index is 1.97. The SMILES string of the molecule is Cc1ccc2c3c(n(Cc4ccccc4)c2c1)CC[C@H](C=O)[C@H]3[Si](C)(C)C.